The summed E-state index contributed by atoms with van der Waals surface area (Å²) in [6, 6.07) is 15.3. The minimum absolute atomic E-state index is 0. The molecule has 3 aromatic rings. The summed E-state index contributed by atoms with van der Waals surface area (Å²) in [7, 11) is -4.43. The van der Waals surface area contributed by atoms with Crippen molar-refractivity contribution >= 4 is 79.3 Å². The van der Waals surface area contributed by atoms with E-state index < -0.39 is 10.1 Å². The maximum atomic E-state index is 11.7. The van der Waals surface area contributed by atoms with Gasteiger partial charge in [-0.15, -0.1) is 22.0 Å². The zero-order valence-electron chi connectivity index (χ0n) is 13.2. The molecule has 3 rings (SSSR count). The molecule has 0 unspecified atom stereocenters. The fourth-order valence-corrected chi connectivity index (χ4v) is 3.72. The molecule has 0 amide bonds. The molecule has 3 N–H and O–H groups in total. The van der Waals surface area contributed by atoms with Crippen molar-refractivity contribution in [3.63, 3.8) is 0 Å². The summed E-state index contributed by atoms with van der Waals surface area (Å²) < 4.78 is 33.0. The number of nitrogen functional groups attached to an aromatic ring is 1. The van der Waals surface area contributed by atoms with Crippen LogP contribution in [0, 0.1) is 0 Å². The monoisotopic (exact) mass is 397 g/mol. The molecule has 130 valence electrons. The first kappa shape index (κ1) is 20.9. The van der Waals surface area contributed by atoms with Gasteiger partial charge >= 0.3 is 29.6 Å². The van der Waals surface area contributed by atoms with E-state index in [0.717, 1.165) is 4.90 Å². The zero-order valence-corrected chi connectivity index (χ0v) is 14.9. The van der Waals surface area contributed by atoms with Crippen LogP contribution in [0.5, 0.6) is 0 Å². The van der Waals surface area contributed by atoms with E-state index in [1.165, 1.54) is 17.8 Å². The van der Waals surface area contributed by atoms with E-state index >= 15 is 0 Å². The third kappa shape index (κ3) is 4.28. The van der Waals surface area contributed by atoms with Crippen LogP contribution in [0.25, 0.3) is 10.8 Å². The van der Waals surface area contributed by atoms with Gasteiger partial charge in [0.25, 0.3) is 10.1 Å². The Balaban J connectivity index is 0.00000243. The van der Waals surface area contributed by atoms with Gasteiger partial charge in [0.05, 0.1) is 11.4 Å². The van der Waals surface area contributed by atoms with Gasteiger partial charge in [-0.2, -0.15) is 8.42 Å². The van der Waals surface area contributed by atoms with Crippen molar-refractivity contribution in [2.45, 2.75) is 9.79 Å². The fraction of sp³-hybridized carbons (Fsp3) is 0.0588. The topological polar surface area (TPSA) is 105 Å². The molecule has 0 spiro atoms. The Hall–Kier alpha value is -1.42. The number of thioether (sulfide) groups is 1. The number of hydrogen-bond donors (Lipinski definition) is 2. The van der Waals surface area contributed by atoms with Gasteiger partial charge < -0.3 is 5.73 Å². The van der Waals surface area contributed by atoms with Gasteiger partial charge in [-0.05, 0) is 24.5 Å². The maximum absolute atomic E-state index is 11.7. The molecule has 0 heterocycles. The average Bonchev–Trinajstić information content (AvgIpc) is 2.60. The van der Waals surface area contributed by atoms with Crippen LogP contribution in [-0.4, -0.2) is 48.8 Å². The molecule has 6 nitrogen and oxygen atoms in total. The predicted molar refractivity (Wildman–Crippen MR) is 108 cm³/mol. The van der Waals surface area contributed by atoms with Gasteiger partial charge in [0.15, 0.2) is 0 Å². The van der Waals surface area contributed by atoms with Crippen LogP contribution in [0.15, 0.2) is 74.6 Å². The molecule has 0 aromatic heterocycles. The van der Waals surface area contributed by atoms with Crippen molar-refractivity contribution in [1.82, 2.24) is 0 Å². The molecule has 0 fully saturated rings. The standard InChI is InChI=1S/C17H15N3O3S2.Na.H/c1-24-15-9-5-4-8-13(15)19-20-14-10-16(25(21,22)23)11-6-2-3-7-12(11)17(14)18;;/h2-10H,18H2,1H3,(H,21,22,23);;. The quantitative estimate of drug-likeness (QED) is 0.226. The van der Waals surface area contributed by atoms with Gasteiger partial charge in [0.2, 0.25) is 0 Å². The molecule has 9 heteroatoms. The van der Waals surface area contributed by atoms with Crippen LogP contribution in [0.4, 0.5) is 17.1 Å². The van der Waals surface area contributed by atoms with E-state index in [2.05, 4.69) is 10.2 Å². The Bertz CT molecular complexity index is 1090. The van der Waals surface area contributed by atoms with Crippen molar-refractivity contribution in [3.05, 3.63) is 54.6 Å². The van der Waals surface area contributed by atoms with E-state index in [-0.39, 0.29) is 40.1 Å². The summed E-state index contributed by atoms with van der Waals surface area (Å²) in [6.07, 6.45) is 1.93. The van der Waals surface area contributed by atoms with Crippen molar-refractivity contribution in [1.29, 1.82) is 0 Å². The third-order valence-corrected chi connectivity index (χ3v) is 5.33. The molecular formula is C17H16N3NaO3S2. The van der Waals surface area contributed by atoms with Crippen LogP contribution in [0.1, 0.15) is 0 Å². The van der Waals surface area contributed by atoms with Gasteiger partial charge in [-0.3, -0.25) is 4.55 Å². The summed E-state index contributed by atoms with van der Waals surface area (Å²) in [5, 5.41) is 9.14. The van der Waals surface area contributed by atoms with Crippen LogP contribution < -0.4 is 5.73 Å². The van der Waals surface area contributed by atoms with E-state index in [4.69, 9.17) is 5.73 Å². The van der Waals surface area contributed by atoms with Gasteiger partial charge in [0.1, 0.15) is 10.6 Å². The zero-order chi connectivity index (χ0) is 18.0. The summed E-state index contributed by atoms with van der Waals surface area (Å²) in [5.74, 6) is 0. The molecule has 0 aliphatic rings. The summed E-state index contributed by atoms with van der Waals surface area (Å²) in [4.78, 5) is 0.685. The first-order chi connectivity index (χ1) is 11.9. The molecule has 26 heavy (non-hydrogen) atoms. The number of rotatable bonds is 4. The molecule has 3 aromatic carbocycles. The number of fused-ring (bicyclic) bond motifs is 1. The Kier molecular flexibility index (Phi) is 6.84. The SMILES string of the molecule is CSc1ccccc1N=Nc1cc(S(=O)(=O)O)c2ccccc2c1N.[NaH]. The normalized spacial score (nSPS) is 11.6. The number of anilines is 1. The second kappa shape index (κ2) is 8.51. The Morgan fingerprint density at radius 2 is 1.54 bits per heavy atom. The van der Waals surface area contributed by atoms with E-state index in [1.54, 1.807) is 30.3 Å². The number of hydrogen-bond acceptors (Lipinski definition) is 6. The summed E-state index contributed by atoms with van der Waals surface area (Å²) in [5.41, 5.74) is 7.26. The number of nitrogens with zero attached hydrogens (tertiary/aromatic N) is 2. The first-order valence-electron chi connectivity index (χ1n) is 7.25. The van der Waals surface area contributed by atoms with E-state index in [1.807, 2.05) is 24.5 Å². The molecule has 0 bridgehead atoms. The second-order valence-corrected chi connectivity index (χ2v) is 7.44. The van der Waals surface area contributed by atoms with Crippen molar-refractivity contribution in [2.75, 3.05) is 12.0 Å². The van der Waals surface area contributed by atoms with Crippen LogP contribution in [-0.2, 0) is 10.1 Å². The second-order valence-electron chi connectivity index (χ2n) is 5.20. The number of azo groups is 1. The molecule has 0 aliphatic carbocycles. The van der Waals surface area contributed by atoms with Crippen molar-refractivity contribution < 1.29 is 13.0 Å². The van der Waals surface area contributed by atoms with E-state index in [0.29, 0.717) is 22.1 Å². The van der Waals surface area contributed by atoms with Gasteiger partial charge in [-0.25, -0.2) is 0 Å². The molecular weight excluding hydrogens is 381 g/mol. The molecule has 0 atom stereocenters. The Labute approximate surface area is 177 Å². The number of benzene rings is 3. The average molecular weight is 397 g/mol. The van der Waals surface area contributed by atoms with Crippen LogP contribution >= 0.6 is 11.8 Å². The van der Waals surface area contributed by atoms with Crippen molar-refractivity contribution in [2.24, 2.45) is 10.2 Å². The first-order valence-corrected chi connectivity index (χ1v) is 9.92. The fourth-order valence-electron chi connectivity index (χ4n) is 2.47. The van der Waals surface area contributed by atoms with Crippen molar-refractivity contribution in [3.8, 4) is 0 Å². The predicted octanol–water partition coefficient (Wildman–Crippen LogP) is 4.16. The van der Waals surface area contributed by atoms with Crippen LogP contribution in [0.3, 0.4) is 0 Å². The van der Waals surface area contributed by atoms with Crippen LogP contribution in [0.2, 0.25) is 0 Å². The van der Waals surface area contributed by atoms with E-state index in [9.17, 15) is 13.0 Å². The molecule has 0 saturated heterocycles. The molecule has 0 aliphatic heterocycles. The summed E-state index contributed by atoms with van der Waals surface area (Å²) in [6.45, 7) is 0. The Morgan fingerprint density at radius 1 is 0.962 bits per heavy atom. The molecule has 0 saturated carbocycles. The third-order valence-electron chi connectivity index (χ3n) is 3.66. The van der Waals surface area contributed by atoms with Gasteiger partial charge in [-0.1, -0.05) is 36.4 Å². The summed E-state index contributed by atoms with van der Waals surface area (Å²) >= 11 is 1.52. The number of nitrogens with two attached hydrogens (primary N) is 1. The minimum atomic E-state index is -4.43. The Morgan fingerprint density at radius 3 is 2.19 bits per heavy atom. The van der Waals surface area contributed by atoms with Gasteiger partial charge in [0, 0.05) is 15.7 Å². The molecule has 0 radical (unpaired) electrons.